The number of rotatable bonds is 6. The minimum Gasteiger partial charge on any atom is -0.491 e. The molecule has 2 N–H and O–H groups in total. The summed E-state index contributed by atoms with van der Waals surface area (Å²) in [7, 11) is 0. The van der Waals surface area contributed by atoms with E-state index in [4.69, 9.17) is 21.4 Å². The molecule has 0 aliphatic heterocycles. The number of anilines is 1. The molecule has 0 radical (unpaired) electrons. The van der Waals surface area contributed by atoms with Crippen LogP contribution in [0.3, 0.4) is 0 Å². The summed E-state index contributed by atoms with van der Waals surface area (Å²) in [4.78, 5) is 21.8. The monoisotopic (exact) mass is 283 g/mol. The lowest BCUT2D eigenvalue weighted by molar-refractivity contribution is -0.131. The second-order valence-electron chi connectivity index (χ2n) is 3.65. The van der Waals surface area contributed by atoms with E-state index in [0.717, 1.165) is 18.6 Å². The number of carbonyl (C=O) groups excluding carboxylic acids is 1. The van der Waals surface area contributed by atoms with Crippen molar-refractivity contribution in [1.29, 1.82) is 0 Å². The molecule has 0 bridgehead atoms. The van der Waals surface area contributed by atoms with E-state index < -0.39 is 11.9 Å². The second kappa shape index (κ2) is 7.43. The molecule has 0 saturated carbocycles. The number of ether oxygens (including phenoxy) is 1. The van der Waals surface area contributed by atoms with Crippen molar-refractivity contribution in [3.63, 3.8) is 0 Å². The molecule has 0 spiro atoms. The summed E-state index contributed by atoms with van der Waals surface area (Å²) >= 11 is 5.84. The zero-order chi connectivity index (χ0) is 14.3. The van der Waals surface area contributed by atoms with Gasteiger partial charge in [0, 0.05) is 17.2 Å². The largest absolute Gasteiger partial charge is 0.491 e. The number of benzene rings is 1. The van der Waals surface area contributed by atoms with Crippen LogP contribution in [0.1, 0.15) is 13.3 Å². The van der Waals surface area contributed by atoms with Crippen LogP contribution >= 0.6 is 11.6 Å². The van der Waals surface area contributed by atoms with Crippen molar-refractivity contribution in [1.82, 2.24) is 0 Å². The Labute approximate surface area is 115 Å². The summed E-state index contributed by atoms with van der Waals surface area (Å²) < 4.78 is 5.45. The molecule has 5 nitrogen and oxygen atoms in total. The molecule has 1 aromatic carbocycles. The Kier molecular flexibility index (Phi) is 5.89. The van der Waals surface area contributed by atoms with E-state index >= 15 is 0 Å². The zero-order valence-corrected chi connectivity index (χ0v) is 11.1. The van der Waals surface area contributed by atoms with Crippen LogP contribution in [-0.4, -0.2) is 23.6 Å². The minimum absolute atomic E-state index is 0.404. The fourth-order valence-electron chi connectivity index (χ4n) is 1.26. The highest BCUT2D eigenvalue weighted by molar-refractivity contribution is 6.31. The van der Waals surface area contributed by atoms with Gasteiger partial charge in [-0.25, -0.2) is 4.79 Å². The molecule has 0 fully saturated rings. The highest BCUT2D eigenvalue weighted by atomic mass is 35.5. The van der Waals surface area contributed by atoms with Crippen molar-refractivity contribution in [2.24, 2.45) is 0 Å². The van der Waals surface area contributed by atoms with Gasteiger partial charge in [-0.2, -0.15) is 0 Å². The molecule has 6 heteroatoms. The van der Waals surface area contributed by atoms with Gasteiger partial charge in [0.1, 0.15) is 5.75 Å². The predicted octanol–water partition coefficient (Wildman–Crippen LogP) is 2.71. The smallest absolute Gasteiger partial charge is 0.328 e. The number of halogens is 1. The first kappa shape index (κ1) is 15.0. The molecule has 0 aliphatic carbocycles. The third kappa shape index (κ3) is 5.44. The van der Waals surface area contributed by atoms with E-state index in [1.807, 2.05) is 6.92 Å². The number of hydrogen-bond donors (Lipinski definition) is 2. The molecule has 0 heterocycles. The topological polar surface area (TPSA) is 75.6 Å². The first-order valence-corrected chi connectivity index (χ1v) is 6.05. The summed E-state index contributed by atoms with van der Waals surface area (Å²) in [5, 5.41) is 11.4. The van der Waals surface area contributed by atoms with E-state index in [1.54, 1.807) is 18.2 Å². The van der Waals surface area contributed by atoms with Gasteiger partial charge in [-0.15, -0.1) is 0 Å². The first-order valence-electron chi connectivity index (χ1n) is 5.67. The lowest BCUT2D eigenvalue weighted by atomic mass is 10.3. The van der Waals surface area contributed by atoms with Crippen molar-refractivity contribution in [3.8, 4) is 5.75 Å². The number of aliphatic carboxylic acids is 1. The average molecular weight is 284 g/mol. The standard InChI is InChI=1S/C13H14ClNO4/c1-2-7-19-11-4-3-9(14)8-10(11)15-12(16)5-6-13(17)18/h3-6,8H,2,7H2,1H3,(H,15,16)(H,17,18)/b6-5+. The predicted molar refractivity (Wildman–Crippen MR) is 72.6 cm³/mol. The number of carbonyl (C=O) groups is 2. The summed E-state index contributed by atoms with van der Waals surface area (Å²) in [5.41, 5.74) is 0.404. The van der Waals surface area contributed by atoms with Gasteiger partial charge >= 0.3 is 5.97 Å². The van der Waals surface area contributed by atoms with Crippen molar-refractivity contribution < 1.29 is 19.4 Å². The van der Waals surface area contributed by atoms with Crippen molar-refractivity contribution in [2.45, 2.75) is 13.3 Å². The van der Waals surface area contributed by atoms with Crippen LogP contribution in [0, 0.1) is 0 Å². The van der Waals surface area contributed by atoms with Gasteiger partial charge in [0.15, 0.2) is 0 Å². The lowest BCUT2D eigenvalue weighted by Gasteiger charge is -2.11. The van der Waals surface area contributed by atoms with E-state index in [1.165, 1.54) is 0 Å². The molecule has 19 heavy (non-hydrogen) atoms. The van der Waals surface area contributed by atoms with Crippen LogP contribution in [0.2, 0.25) is 5.02 Å². The SMILES string of the molecule is CCCOc1ccc(Cl)cc1NC(=O)/C=C/C(=O)O. The molecular weight excluding hydrogens is 270 g/mol. The van der Waals surface area contributed by atoms with E-state index in [0.29, 0.717) is 23.1 Å². The summed E-state index contributed by atoms with van der Waals surface area (Å²) in [6, 6.07) is 4.84. The number of carboxylic acids is 1. The Balaban J connectivity index is 2.82. The van der Waals surface area contributed by atoms with Crippen molar-refractivity contribution >= 4 is 29.2 Å². The highest BCUT2D eigenvalue weighted by Crippen LogP contribution is 2.28. The molecule has 1 aromatic rings. The number of carboxylic acid groups (broad SMARTS) is 1. The lowest BCUT2D eigenvalue weighted by Crippen LogP contribution is -2.10. The second-order valence-corrected chi connectivity index (χ2v) is 4.09. The molecule has 0 aliphatic rings. The number of hydrogen-bond acceptors (Lipinski definition) is 3. The van der Waals surface area contributed by atoms with Crippen LogP contribution in [0.25, 0.3) is 0 Å². The molecule has 0 aromatic heterocycles. The Morgan fingerprint density at radius 2 is 2.16 bits per heavy atom. The summed E-state index contributed by atoms with van der Waals surface area (Å²) in [6.07, 6.45) is 2.51. The summed E-state index contributed by atoms with van der Waals surface area (Å²) in [6.45, 7) is 2.47. The Morgan fingerprint density at radius 3 is 2.79 bits per heavy atom. The third-order valence-corrected chi connectivity index (χ3v) is 2.27. The van der Waals surface area contributed by atoms with Crippen LogP contribution < -0.4 is 10.1 Å². The first-order chi connectivity index (χ1) is 9.02. The van der Waals surface area contributed by atoms with Gasteiger partial charge in [-0.3, -0.25) is 4.79 Å². The van der Waals surface area contributed by atoms with Crippen LogP contribution in [0.5, 0.6) is 5.75 Å². The average Bonchev–Trinajstić information content (AvgIpc) is 2.35. The third-order valence-electron chi connectivity index (χ3n) is 2.04. The van der Waals surface area contributed by atoms with Crippen molar-refractivity contribution in [2.75, 3.05) is 11.9 Å². The zero-order valence-electron chi connectivity index (χ0n) is 10.4. The summed E-state index contributed by atoms with van der Waals surface area (Å²) in [5.74, 6) is -1.27. The van der Waals surface area contributed by atoms with E-state index in [-0.39, 0.29) is 0 Å². The van der Waals surface area contributed by atoms with Gasteiger partial charge < -0.3 is 15.2 Å². The quantitative estimate of drug-likeness (QED) is 0.787. The van der Waals surface area contributed by atoms with Gasteiger partial charge in [0.05, 0.1) is 12.3 Å². The van der Waals surface area contributed by atoms with Crippen LogP contribution in [0.15, 0.2) is 30.4 Å². The molecule has 1 amide bonds. The molecule has 0 saturated heterocycles. The molecule has 1 rings (SSSR count). The fraction of sp³-hybridized carbons (Fsp3) is 0.231. The van der Waals surface area contributed by atoms with Gasteiger partial charge in [0.25, 0.3) is 0 Å². The van der Waals surface area contributed by atoms with E-state index in [2.05, 4.69) is 5.32 Å². The maximum Gasteiger partial charge on any atom is 0.328 e. The molecule has 102 valence electrons. The molecule has 0 unspecified atom stereocenters. The van der Waals surface area contributed by atoms with Crippen LogP contribution in [0.4, 0.5) is 5.69 Å². The van der Waals surface area contributed by atoms with Crippen molar-refractivity contribution in [3.05, 3.63) is 35.4 Å². The Morgan fingerprint density at radius 1 is 1.42 bits per heavy atom. The number of nitrogens with one attached hydrogen (secondary N) is 1. The van der Waals surface area contributed by atoms with Gasteiger partial charge in [-0.05, 0) is 24.6 Å². The normalized spacial score (nSPS) is 10.4. The van der Waals surface area contributed by atoms with E-state index in [9.17, 15) is 9.59 Å². The molecule has 0 atom stereocenters. The molecular formula is C13H14ClNO4. The minimum atomic E-state index is -1.19. The van der Waals surface area contributed by atoms with Crippen LogP contribution in [-0.2, 0) is 9.59 Å². The maximum absolute atomic E-state index is 11.5. The highest BCUT2D eigenvalue weighted by Gasteiger charge is 2.07. The fourth-order valence-corrected chi connectivity index (χ4v) is 1.43. The Hall–Kier alpha value is -2.01. The van der Waals surface area contributed by atoms with Gasteiger partial charge in [-0.1, -0.05) is 18.5 Å². The Bertz CT molecular complexity index is 499. The van der Waals surface area contributed by atoms with Gasteiger partial charge in [0.2, 0.25) is 5.91 Å². The maximum atomic E-state index is 11.5. The number of amides is 1.